The largest absolute Gasteiger partial charge is 0.340 e. The van der Waals surface area contributed by atoms with Crippen LogP contribution in [0.1, 0.15) is 45.6 Å². The minimum atomic E-state index is -0.305. The van der Waals surface area contributed by atoms with Crippen LogP contribution in [0.15, 0.2) is 42.6 Å². The number of aryl methyl sites for hydroxylation is 3. The van der Waals surface area contributed by atoms with Gasteiger partial charge in [-0.1, -0.05) is 0 Å². The Balaban J connectivity index is 1.46. The fraction of sp³-hybridized carbons (Fsp3) is 0.292. The monoisotopic (exact) mass is 449 g/mol. The van der Waals surface area contributed by atoms with E-state index in [4.69, 9.17) is 4.98 Å². The van der Waals surface area contributed by atoms with Crippen LogP contribution in [0.5, 0.6) is 0 Å². The third kappa shape index (κ3) is 3.75. The first-order chi connectivity index (χ1) is 15.4. The number of pyridine rings is 1. The first kappa shape index (κ1) is 20.6. The van der Waals surface area contributed by atoms with Crippen LogP contribution in [0.2, 0.25) is 0 Å². The van der Waals surface area contributed by atoms with Crippen LogP contribution in [0.3, 0.4) is 0 Å². The van der Waals surface area contributed by atoms with E-state index in [1.807, 2.05) is 48.7 Å². The van der Waals surface area contributed by atoms with Crippen LogP contribution >= 0.6 is 11.3 Å². The molecule has 1 N–H and O–H groups in total. The zero-order valence-corrected chi connectivity index (χ0v) is 19.0. The van der Waals surface area contributed by atoms with Crippen molar-refractivity contribution in [2.75, 3.05) is 11.9 Å². The molecule has 1 aliphatic heterocycles. The van der Waals surface area contributed by atoms with Gasteiger partial charge in [0.2, 0.25) is 0 Å². The number of halogens is 1. The molecule has 5 rings (SSSR count). The van der Waals surface area contributed by atoms with E-state index >= 15 is 0 Å². The van der Waals surface area contributed by atoms with E-state index in [1.54, 1.807) is 23.5 Å². The Labute approximate surface area is 189 Å². The molecule has 3 aromatic heterocycles. The molecule has 8 heteroatoms. The molecule has 6 nitrogen and oxygen atoms in total. The van der Waals surface area contributed by atoms with E-state index in [0.717, 1.165) is 50.8 Å². The molecule has 0 aliphatic carbocycles. The molecule has 0 spiro atoms. The van der Waals surface area contributed by atoms with Crippen LogP contribution in [0.4, 0.5) is 15.2 Å². The number of hydrogen-bond donors (Lipinski definition) is 1. The highest BCUT2D eigenvalue weighted by molar-refractivity contribution is 7.15. The summed E-state index contributed by atoms with van der Waals surface area (Å²) >= 11 is 1.60. The quantitative estimate of drug-likeness (QED) is 0.446. The highest BCUT2D eigenvalue weighted by Crippen LogP contribution is 2.35. The van der Waals surface area contributed by atoms with Crippen molar-refractivity contribution in [2.45, 2.75) is 32.7 Å². The van der Waals surface area contributed by atoms with Gasteiger partial charge in [0, 0.05) is 47.0 Å². The summed E-state index contributed by atoms with van der Waals surface area (Å²) in [6.07, 6.45) is 3.62. The standard InChI is InChI=1S/C24H24FN5OS/c1-14-9-18(28-24-26-13-15(2)32-24)12-19(27-14)21-5-4-8-30(21)23(31)22-11-16-10-17(25)6-7-20(16)29(22)3/h6-7,9-13,21H,4-5,8H2,1-3H3,(H,26,27,28)/t21-/m1/s1. The summed E-state index contributed by atoms with van der Waals surface area (Å²) < 4.78 is 15.5. The van der Waals surface area contributed by atoms with Gasteiger partial charge in [0.25, 0.3) is 5.91 Å². The second-order valence-corrected chi connectivity index (χ2v) is 9.51. The van der Waals surface area contributed by atoms with Gasteiger partial charge in [-0.2, -0.15) is 0 Å². The third-order valence-corrected chi connectivity index (χ3v) is 6.75. The maximum Gasteiger partial charge on any atom is 0.271 e. The molecule has 1 amide bonds. The molecule has 0 unspecified atom stereocenters. The van der Waals surface area contributed by atoms with E-state index < -0.39 is 0 Å². The molecule has 1 aliphatic rings. The summed E-state index contributed by atoms with van der Waals surface area (Å²) in [5.41, 5.74) is 4.07. The summed E-state index contributed by atoms with van der Waals surface area (Å²) in [6, 6.07) is 10.3. The Morgan fingerprint density at radius 2 is 2.06 bits per heavy atom. The number of carbonyl (C=O) groups is 1. The van der Waals surface area contributed by atoms with Crippen LogP contribution in [-0.4, -0.2) is 31.9 Å². The first-order valence-electron chi connectivity index (χ1n) is 10.6. The van der Waals surface area contributed by atoms with Gasteiger partial charge >= 0.3 is 0 Å². The molecule has 0 bridgehead atoms. The minimum Gasteiger partial charge on any atom is -0.340 e. The third-order valence-electron chi connectivity index (χ3n) is 5.92. The van der Waals surface area contributed by atoms with Crippen molar-refractivity contribution in [3.8, 4) is 0 Å². The Bertz CT molecular complexity index is 1330. The molecular weight excluding hydrogens is 425 g/mol. The zero-order valence-electron chi connectivity index (χ0n) is 18.2. The lowest BCUT2D eigenvalue weighted by molar-refractivity contribution is 0.0723. The van der Waals surface area contributed by atoms with Crippen LogP contribution in [0.25, 0.3) is 10.9 Å². The second-order valence-electron chi connectivity index (χ2n) is 8.27. The number of likely N-dealkylation sites (tertiary alicyclic amines) is 1. The number of carbonyl (C=O) groups excluding carboxylic acids is 1. The Kier molecular flexibility index (Phi) is 5.17. The predicted molar refractivity (Wildman–Crippen MR) is 125 cm³/mol. The topological polar surface area (TPSA) is 63.1 Å². The average Bonchev–Trinajstić information content (AvgIpc) is 3.46. The summed E-state index contributed by atoms with van der Waals surface area (Å²) in [5.74, 6) is -0.361. The average molecular weight is 450 g/mol. The second kappa shape index (κ2) is 8.02. The van der Waals surface area contributed by atoms with Gasteiger partial charge in [-0.05, 0) is 63.1 Å². The van der Waals surface area contributed by atoms with Crippen molar-refractivity contribution in [2.24, 2.45) is 7.05 Å². The maximum atomic E-state index is 13.7. The van der Waals surface area contributed by atoms with Gasteiger partial charge in [-0.3, -0.25) is 9.78 Å². The summed E-state index contributed by atoms with van der Waals surface area (Å²) in [5, 5.41) is 4.92. The number of aromatic nitrogens is 3. The van der Waals surface area contributed by atoms with Gasteiger partial charge < -0.3 is 14.8 Å². The van der Waals surface area contributed by atoms with Crippen LogP contribution in [0, 0.1) is 19.7 Å². The Morgan fingerprint density at radius 3 is 2.84 bits per heavy atom. The molecule has 0 saturated carbocycles. The molecule has 4 aromatic rings. The SMILES string of the molecule is Cc1cc(Nc2ncc(C)s2)cc([C@H]2CCCN2C(=O)c2cc3cc(F)ccc3n2C)n1. The van der Waals surface area contributed by atoms with Gasteiger partial charge in [-0.15, -0.1) is 11.3 Å². The minimum absolute atomic E-state index is 0.0556. The summed E-state index contributed by atoms with van der Waals surface area (Å²) in [7, 11) is 1.85. The van der Waals surface area contributed by atoms with Gasteiger partial charge in [0.05, 0.1) is 11.7 Å². The molecule has 1 saturated heterocycles. The number of rotatable bonds is 4. The van der Waals surface area contributed by atoms with Crippen molar-refractivity contribution in [3.05, 3.63) is 70.4 Å². The predicted octanol–water partition coefficient (Wildman–Crippen LogP) is 5.51. The van der Waals surface area contributed by atoms with Crippen LogP contribution in [-0.2, 0) is 7.05 Å². The smallest absolute Gasteiger partial charge is 0.271 e. The van der Waals surface area contributed by atoms with Crippen molar-refractivity contribution in [1.82, 2.24) is 19.4 Å². The lowest BCUT2D eigenvalue weighted by atomic mass is 10.1. The Morgan fingerprint density at radius 1 is 1.22 bits per heavy atom. The van der Waals surface area contributed by atoms with Gasteiger partial charge in [0.15, 0.2) is 5.13 Å². The lowest BCUT2D eigenvalue weighted by Gasteiger charge is -2.25. The highest BCUT2D eigenvalue weighted by atomic mass is 32.1. The van der Waals surface area contributed by atoms with E-state index in [0.29, 0.717) is 12.2 Å². The van der Waals surface area contributed by atoms with Crippen molar-refractivity contribution in [1.29, 1.82) is 0 Å². The zero-order chi connectivity index (χ0) is 22.4. The molecular formula is C24H24FN5OS. The molecule has 1 atom stereocenters. The number of hydrogen-bond acceptors (Lipinski definition) is 5. The number of nitrogens with one attached hydrogen (secondary N) is 1. The van der Waals surface area contributed by atoms with Crippen LogP contribution < -0.4 is 5.32 Å². The number of nitrogens with zero attached hydrogens (tertiary/aromatic N) is 4. The number of amides is 1. The van der Waals surface area contributed by atoms with Crippen molar-refractivity contribution < 1.29 is 9.18 Å². The summed E-state index contributed by atoms with van der Waals surface area (Å²) in [4.78, 5) is 25.7. The maximum absolute atomic E-state index is 13.7. The molecule has 1 aromatic carbocycles. The number of benzene rings is 1. The van der Waals surface area contributed by atoms with E-state index in [-0.39, 0.29) is 17.8 Å². The molecule has 4 heterocycles. The molecule has 0 radical (unpaired) electrons. The van der Waals surface area contributed by atoms with Crippen molar-refractivity contribution in [3.63, 3.8) is 0 Å². The van der Waals surface area contributed by atoms with Crippen molar-refractivity contribution >= 4 is 39.0 Å². The molecule has 164 valence electrons. The lowest BCUT2D eigenvalue weighted by Crippen LogP contribution is -2.32. The fourth-order valence-electron chi connectivity index (χ4n) is 4.46. The Hall–Kier alpha value is -3.26. The van der Waals surface area contributed by atoms with Gasteiger partial charge in [0.1, 0.15) is 11.5 Å². The highest BCUT2D eigenvalue weighted by Gasteiger charge is 2.33. The number of anilines is 2. The normalized spacial score (nSPS) is 16.1. The first-order valence-corrected chi connectivity index (χ1v) is 11.4. The van der Waals surface area contributed by atoms with E-state index in [1.165, 1.54) is 12.1 Å². The summed E-state index contributed by atoms with van der Waals surface area (Å²) in [6.45, 7) is 4.65. The molecule has 1 fully saturated rings. The molecule has 32 heavy (non-hydrogen) atoms. The van der Waals surface area contributed by atoms with Gasteiger partial charge in [-0.25, -0.2) is 9.37 Å². The number of thiazole rings is 1. The fourth-order valence-corrected chi connectivity index (χ4v) is 5.15. The van der Waals surface area contributed by atoms with E-state index in [2.05, 4.69) is 10.3 Å². The van der Waals surface area contributed by atoms with E-state index in [9.17, 15) is 9.18 Å². The number of fused-ring (bicyclic) bond motifs is 1.